The molecule has 0 bridgehead atoms. The number of hydrogen-bond donors (Lipinski definition) is 2. The zero-order chi connectivity index (χ0) is 12.2. The van der Waals surface area contributed by atoms with Crippen molar-refractivity contribution in [3.8, 4) is 0 Å². The number of methoxy groups -OCH3 is 1. The normalized spacial score (nSPS) is 26.2. The Kier molecular flexibility index (Phi) is 4.56. The minimum absolute atomic E-state index is 0.0198. The minimum Gasteiger partial charge on any atom is -0.444 e. The Morgan fingerprint density at radius 1 is 1.44 bits per heavy atom. The van der Waals surface area contributed by atoms with Crippen LogP contribution in [0.25, 0.3) is 0 Å². The number of nitrogens with one attached hydrogen (secondary N) is 2. The molecule has 1 saturated heterocycles. The van der Waals surface area contributed by atoms with Gasteiger partial charge in [0.1, 0.15) is 5.60 Å². The molecule has 0 radical (unpaired) electrons. The van der Waals surface area contributed by atoms with Crippen LogP contribution < -0.4 is 10.6 Å². The fourth-order valence-corrected chi connectivity index (χ4v) is 1.72. The number of rotatable bonds is 2. The summed E-state index contributed by atoms with van der Waals surface area (Å²) in [5.41, 5.74) is -0.464. The molecule has 1 fully saturated rings. The third-order valence-electron chi connectivity index (χ3n) is 2.42. The summed E-state index contributed by atoms with van der Waals surface area (Å²) in [5.74, 6) is 0. The number of ether oxygens (including phenoxy) is 2. The lowest BCUT2D eigenvalue weighted by molar-refractivity contribution is 0.0250. The van der Waals surface area contributed by atoms with Gasteiger partial charge in [-0.3, -0.25) is 0 Å². The van der Waals surface area contributed by atoms with E-state index in [1.165, 1.54) is 0 Å². The van der Waals surface area contributed by atoms with Gasteiger partial charge in [-0.2, -0.15) is 0 Å². The summed E-state index contributed by atoms with van der Waals surface area (Å²) in [6.45, 7) is 7.18. The standard InChI is InChI=1S/C11H22N2O3/c1-11(2,3)16-10(14)13-8-7-12-6-5-9(8)15-4/h8-9,12H,5-7H2,1-4H3,(H,13,14)/t8-,9-/m0/s1. The Balaban J connectivity index is 2.42. The molecule has 16 heavy (non-hydrogen) atoms. The van der Waals surface area contributed by atoms with Crippen molar-refractivity contribution in [2.45, 2.75) is 44.9 Å². The number of alkyl carbamates (subject to hydrolysis) is 1. The van der Waals surface area contributed by atoms with Crippen LogP contribution in [-0.2, 0) is 9.47 Å². The third-order valence-corrected chi connectivity index (χ3v) is 2.42. The van der Waals surface area contributed by atoms with Gasteiger partial charge in [-0.15, -0.1) is 0 Å². The molecule has 1 amide bonds. The molecule has 0 aromatic rings. The predicted octanol–water partition coefficient (Wildman–Crippen LogP) is 0.888. The van der Waals surface area contributed by atoms with Crippen LogP contribution in [0.15, 0.2) is 0 Å². The first-order valence-electron chi connectivity index (χ1n) is 5.65. The Hall–Kier alpha value is -0.810. The highest BCUT2D eigenvalue weighted by Gasteiger charge is 2.27. The predicted molar refractivity (Wildman–Crippen MR) is 61.4 cm³/mol. The maximum absolute atomic E-state index is 11.6. The van der Waals surface area contributed by atoms with Gasteiger partial charge < -0.3 is 20.1 Å². The van der Waals surface area contributed by atoms with E-state index in [1.807, 2.05) is 20.8 Å². The summed E-state index contributed by atoms with van der Waals surface area (Å²) in [7, 11) is 1.67. The maximum Gasteiger partial charge on any atom is 0.408 e. The molecule has 0 saturated carbocycles. The van der Waals surface area contributed by atoms with E-state index in [0.29, 0.717) is 0 Å². The smallest absolute Gasteiger partial charge is 0.408 e. The van der Waals surface area contributed by atoms with Crippen LogP contribution in [0, 0.1) is 0 Å². The second-order valence-electron chi connectivity index (χ2n) is 5.02. The molecule has 0 spiro atoms. The van der Waals surface area contributed by atoms with Crippen LogP contribution in [0.3, 0.4) is 0 Å². The summed E-state index contributed by atoms with van der Waals surface area (Å²) >= 11 is 0. The molecule has 1 aliphatic heterocycles. The van der Waals surface area contributed by atoms with Crippen molar-refractivity contribution in [2.75, 3.05) is 20.2 Å². The number of amides is 1. The topological polar surface area (TPSA) is 59.6 Å². The van der Waals surface area contributed by atoms with Crippen LogP contribution >= 0.6 is 0 Å². The number of carbonyl (C=O) groups excluding carboxylic acids is 1. The lowest BCUT2D eigenvalue weighted by Gasteiger charge is -2.32. The van der Waals surface area contributed by atoms with Crippen molar-refractivity contribution in [1.29, 1.82) is 0 Å². The molecule has 1 rings (SSSR count). The molecule has 1 aliphatic rings. The van der Waals surface area contributed by atoms with Gasteiger partial charge >= 0.3 is 6.09 Å². The summed E-state index contributed by atoms with van der Waals surface area (Å²) in [5, 5.41) is 6.04. The van der Waals surface area contributed by atoms with Crippen LogP contribution in [0.1, 0.15) is 27.2 Å². The molecule has 2 atom stereocenters. The molecular weight excluding hydrogens is 208 g/mol. The number of hydrogen-bond acceptors (Lipinski definition) is 4. The van der Waals surface area contributed by atoms with Crippen molar-refractivity contribution >= 4 is 6.09 Å². The molecule has 2 N–H and O–H groups in total. The quantitative estimate of drug-likeness (QED) is 0.739. The van der Waals surface area contributed by atoms with Crippen LogP contribution in [0.5, 0.6) is 0 Å². The molecule has 94 valence electrons. The lowest BCUT2D eigenvalue weighted by Crippen LogP contribution is -2.55. The van der Waals surface area contributed by atoms with Gasteiger partial charge in [-0.05, 0) is 33.7 Å². The molecule has 0 unspecified atom stereocenters. The zero-order valence-corrected chi connectivity index (χ0v) is 10.5. The third kappa shape index (κ3) is 4.37. The Morgan fingerprint density at radius 3 is 2.69 bits per heavy atom. The van der Waals surface area contributed by atoms with Gasteiger partial charge in [-0.1, -0.05) is 0 Å². The number of piperidine rings is 1. The molecule has 0 aromatic heterocycles. The van der Waals surface area contributed by atoms with Crippen molar-refractivity contribution in [2.24, 2.45) is 0 Å². The fraction of sp³-hybridized carbons (Fsp3) is 0.909. The first-order chi connectivity index (χ1) is 7.42. The van der Waals surface area contributed by atoms with Crippen molar-refractivity contribution in [3.05, 3.63) is 0 Å². The minimum atomic E-state index is -0.464. The van der Waals surface area contributed by atoms with E-state index in [1.54, 1.807) is 7.11 Å². The first-order valence-corrected chi connectivity index (χ1v) is 5.65. The van der Waals surface area contributed by atoms with Crippen LogP contribution in [-0.4, -0.2) is 44.0 Å². The van der Waals surface area contributed by atoms with Gasteiger partial charge in [0.05, 0.1) is 12.1 Å². The van der Waals surface area contributed by atoms with Crippen molar-refractivity contribution in [3.63, 3.8) is 0 Å². The SMILES string of the molecule is CO[C@H]1CCNC[C@@H]1NC(=O)OC(C)(C)C. The molecule has 5 nitrogen and oxygen atoms in total. The zero-order valence-electron chi connectivity index (χ0n) is 10.5. The van der Waals surface area contributed by atoms with Gasteiger partial charge in [0.15, 0.2) is 0 Å². The van der Waals surface area contributed by atoms with E-state index in [-0.39, 0.29) is 18.2 Å². The monoisotopic (exact) mass is 230 g/mol. The van der Waals surface area contributed by atoms with Crippen LogP contribution in [0.2, 0.25) is 0 Å². The van der Waals surface area contributed by atoms with Crippen LogP contribution in [0.4, 0.5) is 4.79 Å². The molecule has 0 aromatic carbocycles. The summed E-state index contributed by atoms with van der Waals surface area (Å²) in [6.07, 6.45) is 0.578. The summed E-state index contributed by atoms with van der Waals surface area (Å²) < 4.78 is 10.5. The Labute approximate surface area is 96.9 Å². The summed E-state index contributed by atoms with van der Waals surface area (Å²) in [6, 6.07) is -0.0198. The average molecular weight is 230 g/mol. The summed E-state index contributed by atoms with van der Waals surface area (Å²) in [4.78, 5) is 11.6. The molecular formula is C11H22N2O3. The lowest BCUT2D eigenvalue weighted by atomic mass is 10.0. The van der Waals surface area contributed by atoms with Gasteiger partial charge in [0, 0.05) is 13.7 Å². The van der Waals surface area contributed by atoms with E-state index in [0.717, 1.165) is 19.5 Å². The second-order valence-corrected chi connectivity index (χ2v) is 5.02. The molecule has 5 heteroatoms. The fourth-order valence-electron chi connectivity index (χ4n) is 1.72. The van der Waals surface area contributed by atoms with Gasteiger partial charge in [0.25, 0.3) is 0 Å². The average Bonchev–Trinajstić information content (AvgIpc) is 2.15. The van der Waals surface area contributed by atoms with E-state index in [2.05, 4.69) is 10.6 Å². The van der Waals surface area contributed by atoms with E-state index < -0.39 is 5.60 Å². The van der Waals surface area contributed by atoms with Crippen molar-refractivity contribution in [1.82, 2.24) is 10.6 Å². The highest BCUT2D eigenvalue weighted by Crippen LogP contribution is 2.10. The van der Waals surface area contributed by atoms with E-state index in [4.69, 9.17) is 9.47 Å². The highest BCUT2D eigenvalue weighted by atomic mass is 16.6. The Morgan fingerprint density at radius 2 is 2.12 bits per heavy atom. The first kappa shape index (κ1) is 13.3. The molecule has 1 heterocycles. The van der Waals surface area contributed by atoms with Gasteiger partial charge in [0.2, 0.25) is 0 Å². The van der Waals surface area contributed by atoms with Crippen molar-refractivity contribution < 1.29 is 14.3 Å². The number of carbonyl (C=O) groups is 1. The molecule has 0 aliphatic carbocycles. The largest absolute Gasteiger partial charge is 0.444 e. The Bertz CT molecular complexity index is 238. The second kappa shape index (κ2) is 5.50. The highest BCUT2D eigenvalue weighted by molar-refractivity contribution is 5.68. The van der Waals surface area contributed by atoms with E-state index >= 15 is 0 Å². The van der Waals surface area contributed by atoms with E-state index in [9.17, 15) is 4.79 Å². The maximum atomic E-state index is 11.6. The van der Waals surface area contributed by atoms with Gasteiger partial charge in [-0.25, -0.2) is 4.79 Å².